The summed E-state index contributed by atoms with van der Waals surface area (Å²) in [6, 6.07) is 16.6. The monoisotopic (exact) mass is 284 g/mol. The molecule has 20 heavy (non-hydrogen) atoms. The molecule has 0 aliphatic heterocycles. The Morgan fingerprint density at radius 3 is 2.45 bits per heavy atom. The number of amidine groups is 1. The van der Waals surface area contributed by atoms with Crippen molar-refractivity contribution in [1.82, 2.24) is 0 Å². The summed E-state index contributed by atoms with van der Waals surface area (Å²) in [5, 5.41) is 7.46. The first-order chi connectivity index (χ1) is 9.56. The van der Waals surface area contributed by atoms with E-state index < -0.39 is 0 Å². The largest absolute Gasteiger partial charge is 0.384 e. The molecule has 0 aromatic heterocycles. The predicted octanol–water partition coefficient (Wildman–Crippen LogP) is 4.39. The first-order valence-corrected chi connectivity index (χ1v) is 7.71. The Morgan fingerprint density at radius 2 is 1.85 bits per heavy atom. The number of hydrogen-bond acceptors (Lipinski definition) is 2. The Kier molecular flexibility index (Phi) is 4.85. The van der Waals surface area contributed by atoms with Crippen molar-refractivity contribution in [3.63, 3.8) is 0 Å². The average Bonchev–Trinajstić information content (AvgIpc) is 2.46. The Bertz CT molecular complexity index is 588. The van der Waals surface area contributed by atoms with Crippen molar-refractivity contribution in [3.05, 3.63) is 65.2 Å². The van der Waals surface area contributed by atoms with E-state index in [0.29, 0.717) is 5.92 Å². The maximum Gasteiger partial charge on any atom is 0.122 e. The molecule has 2 nitrogen and oxygen atoms in total. The first-order valence-electron chi connectivity index (χ1n) is 6.72. The lowest BCUT2D eigenvalue weighted by Gasteiger charge is -2.07. The van der Waals surface area contributed by atoms with E-state index in [1.807, 2.05) is 18.2 Å². The van der Waals surface area contributed by atoms with Crippen molar-refractivity contribution in [1.29, 1.82) is 5.41 Å². The van der Waals surface area contributed by atoms with Crippen LogP contribution >= 0.6 is 11.8 Å². The summed E-state index contributed by atoms with van der Waals surface area (Å²) in [4.78, 5) is 1.27. The fraction of sp³-hybridized carbons (Fsp3) is 0.235. The highest BCUT2D eigenvalue weighted by atomic mass is 32.2. The molecule has 0 fully saturated rings. The molecule has 3 N–H and O–H groups in total. The zero-order chi connectivity index (χ0) is 14.5. The van der Waals surface area contributed by atoms with Gasteiger partial charge in [0.25, 0.3) is 0 Å². The molecule has 2 rings (SSSR count). The summed E-state index contributed by atoms with van der Waals surface area (Å²) < 4.78 is 0. The molecule has 0 spiro atoms. The third-order valence-electron chi connectivity index (χ3n) is 3.19. The van der Waals surface area contributed by atoms with Gasteiger partial charge in [0.05, 0.1) is 0 Å². The topological polar surface area (TPSA) is 49.9 Å². The molecule has 0 bridgehead atoms. The summed E-state index contributed by atoms with van der Waals surface area (Å²) in [7, 11) is 0. The molecule has 2 aromatic carbocycles. The Hall–Kier alpha value is -1.74. The van der Waals surface area contributed by atoms with Gasteiger partial charge in [0, 0.05) is 16.2 Å². The molecule has 3 heteroatoms. The SMILES string of the molecule is CC(C)c1ccc(SCc2cccc(C(=N)N)c2)cc1. The molecular weight excluding hydrogens is 264 g/mol. The van der Waals surface area contributed by atoms with Gasteiger partial charge in [-0.05, 0) is 35.2 Å². The lowest BCUT2D eigenvalue weighted by Crippen LogP contribution is -2.10. The average molecular weight is 284 g/mol. The number of nitrogens with one attached hydrogen (secondary N) is 1. The molecule has 2 aromatic rings. The van der Waals surface area contributed by atoms with Crippen LogP contribution in [0.15, 0.2) is 53.4 Å². The van der Waals surface area contributed by atoms with Crippen molar-refractivity contribution in [2.75, 3.05) is 0 Å². The van der Waals surface area contributed by atoms with E-state index in [2.05, 4.69) is 44.2 Å². The summed E-state index contributed by atoms with van der Waals surface area (Å²) in [6.07, 6.45) is 0. The molecule has 0 radical (unpaired) electrons. The highest BCUT2D eigenvalue weighted by Crippen LogP contribution is 2.25. The van der Waals surface area contributed by atoms with Crippen LogP contribution in [-0.2, 0) is 5.75 Å². The molecule has 104 valence electrons. The van der Waals surface area contributed by atoms with E-state index in [9.17, 15) is 0 Å². The second-order valence-corrected chi connectivity index (χ2v) is 6.18. The van der Waals surface area contributed by atoms with Gasteiger partial charge >= 0.3 is 0 Å². The smallest absolute Gasteiger partial charge is 0.122 e. The lowest BCUT2D eigenvalue weighted by atomic mass is 10.0. The van der Waals surface area contributed by atoms with Crippen LogP contribution in [0.2, 0.25) is 0 Å². The number of thioether (sulfide) groups is 1. The number of hydrogen-bond donors (Lipinski definition) is 2. The standard InChI is InChI=1S/C17H20N2S/c1-12(2)14-6-8-16(9-7-14)20-11-13-4-3-5-15(10-13)17(18)19/h3-10,12H,11H2,1-2H3,(H3,18,19). The van der Waals surface area contributed by atoms with Gasteiger partial charge in [0.15, 0.2) is 0 Å². The van der Waals surface area contributed by atoms with Gasteiger partial charge in [0.2, 0.25) is 0 Å². The zero-order valence-corrected chi connectivity index (χ0v) is 12.7. The zero-order valence-electron chi connectivity index (χ0n) is 11.9. The van der Waals surface area contributed by atoms with E-state index in [0.717, 1.165) is 11.3 Å². The molecule has 0 aliphatic carbocycles. The maximum absolute atomic E-state index is 7.46. The fourth-order valence-corrected chi connectivity index (χ4v) is 2.79. The Labute approximate surface area is 124 Å². The van der Waals surface area contributed by atoms with Crippen LogP contribution in [0.4, 0.5) is 0 Å². The summed E-state index contributed by atoms with van der Waals surface area (Å²) in [5.74, 6) is 1.58. The van der Waals surface area contributed by atoms with Gasteiger partial charge in [-0.1, -0.05) is 44.2 Å². The van der Waals surface area contributed by atoms with E-state index >= 15 is 0 Å². The van der Waals surface area contributed by atoms with Crippen LogP contribution in [0.5, 0.6) is 0 Å². The normalized spacial score (nSPS) is 10.8. The minimum atomic E-state index is 0.123. The Balaban J connectivity index is 2.01. The second-order valence-electron chi connectivity index (χ2n) is 5.13. The van der Waals surface area contributed by atoms with Gasteiger partial charge < -0.3 is 5.73 Å². The second kappa shape index (κ2) is 6.62. The van der Waals surface area contributed by atoms with E-state index in [1.54, 1.807) is 11.8 Å². The van der Waals surface area contributed by atoms with Gasteiger partial charge in [-0.2, -0.15) is 0 Å². The minimum Gasteiger partial charge on any atom is -0.384 e. The van der Waals surface area contributed by atoms with Crippen LogP contribution in [0.25, 0.3) is 0 Å². The van der Waals surface area contributed by atoms with Gasteiger partial charge in [-0.15, -0.1) is 11.8 Å². The van der Waals surface area contributed by atoms with Crippen molar-refractivity contribution in [2.24, 2.45) is 5.73 Å². The molecule has 0 atom stereocenters. The van der Waals surface area contributed by atoms with E-state index in [1.165, 1.54) is 16.0 Å². The number of nitrogens with two attached hydrogens (primary N) is 1. The van der Waals surface area contributed by atoms with Crippen molar-refractivity contribution in [3.8, 4) is 0 Å². The summed E-state index contributed by atoms with van der Waals surface area (Å²) in [5.41, 5.74) is 8.86. The quantitative estimate of drug-likeness (QED) is 0.486. The Morgan fingerprint density at radius 1 is 1.15 bits per heavy atom. The van der Waals surface area contributed by atoms with E-state index in [4.69, 9.17) is 11.1 Å². The van der Waals surface area contributed by atoms with E-state index in [-0.39, 0.29) is 5.84 Å². The number of rotatable bonds is 5. The van der Waals surface area contributed by atoms with Crippen LogP contribution in [0.1, 0.15) is 36.5 Å². The third-order valence-corrected chi connectivity index (χ3v) is 4.27. The predicted molar refractivity (Wildman–Crippen MR) is 87.6 cm³/mol. The molecule has 0 saturated carbocycles. The molecule has 0 heterocycles. The van der Waals surface area contributed by atoms with Gasteiger partial charge in [-0.3, -0.25) is 5.41 Å². The van der Waals surface area contributed by atoms with Crippen LogP contribution in [0.3, 0.4) is 0 Å². The number of nitrogen functional groups attached to an aromatic ring is 1. The van der Waals surface area contributed by atoms with Crippen LogP contribution < -0.4 is 5.73 Å². The molecular formula is C17H20N2S. The summed E-state index contributed by atoms with van der Waals surface area (Å²) >= 11 is 1.80. The molecule has 0 saturated heterocycles. The number of benzene rings is 2. The lowest BCUT2D eigenvalue weighted by molar-refractivity contribution is 0.865. The third kappa shape index (κ3) is 3.87. The minimum absolute atomic E-state index is 0.123. The molecule has 0 unspecified atom stereocenters. The summed E-state index contributed by atoms with van der Waals surface area (Å²) in [6.45, 7) is 4.41. The highest BCUT2D eigenvalue weighted by Gasteiger charge is 2.02. The first kappa shape index (κ1) is 14.7. The van der Waals surface area contributed by atoms with Crippen LogP contribution in [0, 0.1) is 5.41 Å². The highest BCUT2D eigenvalue weighted by molar-refractivity contribution is 7.98. The van der Waals surface area contributed by atoms with Gasteiger partial charge in [-0.25, -0.2) is 0 Å². The van der Waals surface area contributed by atoms with Gasteiger partial charge in [0.1, 0.15) is 5.84 Å². The van der Waals surface area contributed by atoms with Crippen molar-refractivity contribution in [2.45, 2.75) is 30.4 Å². The van der Waals surface area contributed by atoms with Crippen molar-refractivity contribution >= 4 is 17.6 Å². The fourth-order valence-electron chi connectivity index (χ4n) is 1.94. The van der Waals surface area contributed by atoms with Crippen LogP contribution in [-0.4, -0.2) is 5.84 Å². The van der Waals surface area contributed by atoms with Crippen molar-refractivity contribution < 1.29 is 0 Å². The molecule has 0 amide bonds. The maximum atomic E-state index is 7.46. The molecule has 0 aliphatic rings.